The fraction of sp³-hybridized carbons (Fsp3) is 0.409. The van der Waals surface area contributed by atoms with E-state index in [-0.39, 0.29) is 5.91 Å². The van der Waals surface area contributed by atoms with Gasteiger partial charge in [-0.25, -0.2) is 0 Å². The maximum Gasteiger partial charge on any atom is 0.224 e. The van der Waals surface area contributed by atoms with Gasteiger partial charge < -0.3 is 14.8 Å². The minimum absolute atomic E-state index is 0.0305. The molecule has 7 heteroatoms. The van der Waals surface area contributed by atoms with Crippen LogP contribution >= 0.6 is 0 Å². The van der Waals surface area contributed by atoms with Gasteiger partial charge in [0.25, 0.3) is 0 Å². The number of pyridine rings is 1. The smallest absolute Gasteiger partial charge is 0.224 e. The Morgan fingerprint density at radius 3 is 2.86 bits per heavy atom. The summed E-state index contributed by atoms with van der Waals surface area (Å²) in [4.78, 5) is 12.2. The fourth-order valence-electron chi connectivity index (χ4n) is 3.44. The Balaban J connectivity index is 1.15. The summed E-state index contributed by atoms with van der Waals surface area (Å²) in [6, 6.07) is 11.6. The standard InChI is InChI=1S/C22H26N4O3/c27-22(16-17-9-10-18-19(15-17)29-14-6-13-28-18)23-11-4-1-2-7-20-24-25-21-8-3-5-12-26(20)21/h3,5,8-10,12,15H,1-2,4,6-7,11,13-14,16H2,(H,23,27). The average Bonchev–Trinajstić information content (AvgIpc) is 2.99. The lowest BCUT2D eigenvalue weighted by molar-refractivity contribution is -0.120. The lowest BCUT2D eigenvalue weighted by atomic mass is 10.1. The molecule has 1 aliphatic heterocycles. The highest BCUT2D eigenvalue weighted by Gasteiger charge is 2.12. The molecule has 2 aromatic heterocycles. The number of rotatable bonds is 8. The van der Waals surface area contributed by atoms with E-state index in [1.54, 1.807) is 0 Å². The van der Waals surface area contributed by atoms with Crippen molar-refractivity contribution in [2.24, 2.45) is 0 Å². The number of carbonyl (C=O) groups excluding carboxylic acids is 1. The Morgan fingerprint density at radius 2 is 1.93 bits per heavy atom. The van der Waals surface area contributed by atoms with E-state index in [9.17, 15) is 4.79 Å². The number of benzene rings is 1. The number of amides is 1. The molecule has 0 fully saturated rings. The first kappa shape index (κ1) is 19.2. The highest BCUT2D eigenvalue weighted by molar-refractivity contribution is 5.78. The lowest BCUT2D eigenvalue weighted by Gasteiger charge is -2.10. The maximum atomic E-state index is 12.2. The molecule has 4 rings (SSSR count). The highest BCUT2D eigenvalue weighted by Crippen LogP contribution is 2.30. The third-order valence-corrected chi connectivity index (χ3v) is 4.96. The van der Waals surface area contributed by atoms with Crippen molar-refractivity contribution in [3.05, 3.63) is 54.0 Å². The molecule has 7 nitrogen and oxygen atoms in total. The van der Waals surface area contributed by atoms with Crippen molar-refractivity contribution in [3.63, 3.8) is 0 Å². The van der Waals surface area contributed by atoms with Crippen molar-refractivity contribution >= 4 is 11.6 Å². The van der Waals surface area contributed by atoms with Crippen LogP contribution in [-0.2, 0) is 17.6 Å². The molecular formula is C22H26N4O3. The molecule has 29 heavy (non-hydrogen) atoms. The molecule has 0 atom stereocenters. The molecule has 1 aromatic carbocycles. The Hall–Kier alpha value is -3.09. The van der Waals surface area contributed by atoms with E-state index in [1.165, 1.54) is 0 Å². The number of hydrogen-bond donors (Lipinski definition) is 1. The molecule has 0 spiro atoms. The minimum atomic E-state index is 0.0305. The molecule has 152 valence electrons. The van der Waals surface area contributed by atoms with Crippen molar-refractivity contribution < 1.29 is 14.3 Å². The second-order valence-corrected chi connectivity index (χ2v) is 7.21. The van der Waals surface area contributed by atoms with Gasteiger partial charge in [-0.1, -0.05) is 18.6 Å². The fourth-order valence-corrected chi connectivity index (χ4v) is 3.44. The van der Waals surface area contributed by atoms with E-state index in [0.717, 1.165) is 60.6 Å². The van der Waals surface area contributed by atoms with Crippen LogP contribution in [0.15, 0.2) is 42.6 Å². The van der Waals surface area contributed by atoms with Gasteiger partial charge in [0.05, 0.1) is 19.6 Å². The van der Waals surface area contributed by atoms with Gasteiger partial charge in [-0.15, -0.1) is 10.2 Å². The van der Waals surface area contributed by atoms with Crippen molar-refractivity contribution in [3.8, 4) is 11.5 Å². The van der Waals surface area contributed by atoms with Crippen LogP contribution in [0.25, 0.3) is 5.65 Å². The number of aromatic nitrogens is 3. The van der Waals surface area contributed by atoms with Crippen LogP contribution in [0, 0.1) is 0 Å². The topological polar surface area (TPSA) is 77.8 Å². The van der Waals surface area contributed by atoms with Gasteiger partial charge in [0.15, 0.2) is 17.1 Å². The van der Waals surface area contributed by atoms with Crippen molar-refractivity contribution in [1.82, 2.24) is 19.9 Å². The zero-order chi connectivity index (χ0) is 19.9. The summed E-state index contributed by atoms with van der Waals surface area (Å²) in [5.41, 5.74) is 1.81. The highest BCUT2D eigenvalue weighted by atomic mass is 16.5. The second kappa shape index (κ2) is 9.41. The molecule has 0 radical (unpaired) electrons. The summed E-state index contributed by atoms with van der Waals surface area (Å²) in [5.74, 6) is 2.50. The summed E-state index contributed by atoms with van der Waals surface area (Å²) in [6.45, 7) is 2.00. The molecule has 1 N–H and O–H groups in total. The lowest BCUT2D eigenvalue weighted by Crippen LogP contribution is -2.26. The number of aryl methyl sites for hydroxylation is 1. The summed E-state index contributed by atoms with van der Waals surface area (Å²) < 4.78 is 13.3. The predicted molar refractivity (Wildman–Crippen MR) is 109 cm³/mol. The zero-order valence-electron chi connectivity index (χ0n) is 16.5. The number of carbonyl (C=O) groups is 1. The SMILES string of the molecule is O=C(Cc1ccc2c(c1)OCCCO2)NCCCCCc1nnc2ccccn12. The first-order valence-electron chi connectivity index (χ1n) is 10.2. The second-order valence-electron chi connectivity index (χ2n) is 7.21. The molecule has 0 unspecified atom stereocenters. The molecule has 3 heterocycles. The summed E-state index contributed by atoms with van der Waals surface area (Å²) in [5, 5.41) is 11.4. The molecular weight excluding hydrogens is 368 g/mol. The van der Waals surface area contributed by atoms with Gasteiger partial charge in [0.1, 0.15) is 5.82 Å². The number of hydrogen-bond acceptors (Lipinski definition) is 5. The first-order valence-corrected chi connectivity index (χ1v) is 10.2. The molecule has 0 bridgehead atoms. The molecule has 0 saturated carbocycles. The van der Waals surface area contributed by atoms with Gasteiger partial charge in [0, 0.05) is 25.6 Å². The Bertz CT molecular complexity index is 970. The molecule has 1 amide bonds. The number of unbranched alkanes of at least 4 members (excludes halogenated alkanes) is 2. The van der Waals surface area contributed by atoms with E-state index in [4.69, 9.17) is 9.47 Å². The molecule has 0 saturated heterocycles. The van der Waals surface area contributed by atoms with Crippen LogP contribution < -0.4 is 14.8 Å². The first-order chi connectivity index (χ1) is 14.3. The number of ether oxygens (including phenoxy) is 2. The van der Waals surface area contributed by atoms with Crippen molar-refractivity contribution in [2.75, 3.05) is 19.8 Å². The van der Waals surface area contributed by atoms with Crippen LogP contribution in [0.1, 0.15) is 37.1 Å². The number of nitrogens with zero attached hydrogens (tertiary/aromatic N) is 3. The van der Waals surface area contributed by atoms with Crippen LogP contribution in [0.5, 0.6) is 11.5 Å². The Morgan fingerprint density at radius 1 is 1.03 bits per heavy atom. The predicted octanol–water partition coefficient (Wildman–Crippen LogP) is 2.96. The molecule has 3 aromatic rings. The quantitative estimate of drug-likeness (QED) is 0.595. The molecule has 1 aliphatic rings. The van der Waals surface area contributed by atoms with E-state index in [2.05, 4.69) is 15.5 Å². The average molecular weight is 394 g/mol. The van der Waals surface area contributed by atoms with E-state index >= 15 is 0 Å². The van der Waals surface area contributed by atoms with Crippen LogP contribution in [0.3, 0.4) is 0 Å². The van der Waals surface area contributed by atoms with E-state index < -0.39 is 0 Å². The summed E-state index contributed by atoms with van der Waals surface area (Å²) >= 11 is 0. The third kappa shape index (κ3) is 5.04. The van der Waals surface area contributed by atoms with Crippen molar-refractivity contribution in [1.29, 1.82) is 0 Å². The minimum Gasteiger partial charge on any atom is -0.490 e. The zero-order valence-corrected chi connectivity index (χ0v) is 16.5. The van der Waals surface area contributed by atoms with Crippen LogP contribution in [0.4, 0.5) is 0 Å². The van der Waals surface area contributed by atoms with Crippen molar-refractivity contribution in [2.45, 2.75) is 38.5 Å². The largest absolute Gasteiger partial charge is 0.490 e. The normalized spacial score (nSPS) is 13.2. The number of nitrogens with one attached hydrogen (secondary N) is 1. The Kier molecular flexibility index (Phi) is 6.24. The maximum absolute atomic E-state index is 12.2. The van der Waals surface area contributed by atoms with Gasteiger partial charge in [0.2, 0.25) is 5.91 Å². The van der Waals surface area contributed by atoms with E-state index in [0.29, 0.717) is 26.2 Å². The Labute approximate surface area is 170 Å². The summed E-state index contributed by atoms with van der Waals surface area (Å²) in [7, 11) is 0. The summed E-state index contributed by atoms with van der Waals surface area (Å²) in [6.07, 6.45) is 7.10. The third-order valence-electron chi connectivity index (χ3n) is 4.96. The van der Waals surface area contributed by atoms with Gasteiger partial charge in [-0.05, 0) is 42.7 Å². The van der Waals surface area contributed by atoms with Crippen LogP contribution in [-0.4, -0.2) is 40.3 Å². The van der Waals surface area contributed by atoms with Gasteiger partial charge >= 0.3 is 0 Å². The number of fused-ring (bicyclic) bond motifs is 2. The monoisotopic (exact) mass is 394 g/mol. The van der Waals surface area contributed by atoms with Crippen LogP contribution in [0.2, 0.25) is 0 Å². The molecule has 0 aliphatic carbocycles. The van der Waals surface area contributed by atoms with Gasteiger partial charge in [-0.2, -0.15) is 0 Å². The van der Waals surface area contributed by atoms with E-state index in [1.807, 2.05) is 47.0 Å². The van der Waals surface area contributed by atoms with Gasteiger partial charge in [-0.3, -0.25) is 9.20 Å².